The van der Waals surface area contributed by atoms with E-state index >= 15 is 0 Å². The van der Waals surface area contributed by atoms with Crippen LogP contribution in [0.4, 0.5) is 4.79 Å². The summed E-state index contributed by atoms with van der Waals surface area (Å²) in [7, 11) is 0. The Morgan fingerprint density at radius 2 is 1.75 bits per heavy atom. The summed E-state index contributed by atoms with van der Waals surface area (Å²) in [6, 6.07) is -0.127. The molecule has 116 valence electrons. The molecule has 4 nitrogen and oxygen atoms in total. The molecule has 0 saturated heterocycles. The topological polar surface area (TPSA) is 58.6 Å². The van der Waals surface area contributed by atoms with Crippen LogP contribution in [0.3, 0.4) is 0 Å². The minimum absolute atomic E-state index is 0.0458. The number of hydrogen-bond donors (Lipinski definition) is 2. The number of alkyl carbamates (subject to hydrolysis) is 1. The first-order valence-corrected chi connectivity index (χ1v) is 8.23. The van der Waals surface area contributed by atoms with E-state index in [0.717, 1.165) is 44.9 Å². The second-order valence-corrected chi connectivity index (χ2v) is 6.74. The maximum Gasteiger partial charge on any atom is 0.407 e. The van der Waals surface area contributed by atoms with Crippen LogP contribution in [0.5, 0.6) is 0 Å². The lowest BCUT2D eigenvalue weighted by molar-refractivity contribution is 0.0123. The van der Waals surface area contributed by atoms with E-state index in [1.54, 1.807) is 0 Å². The number of hydrogen-bond acceptors (Lipinski definition) is 3. The van der Waals surface area contributed by atoms with Crippen molar-refractivity contribution in [2.75, 3.05) is 0 Å². The molecule has 0 bridgehead atoms. The highest BCUT2D eigenvalue weighted by atomic mass is 16.6. The fourth-order valence-electron chi connectivity index (χ4n) is 3.64. The first kappa shape index (κ1) is 15.6. The fraction of sp³-hybridized carbons (Fsp3) is 0.938. The van der Waals surface area contributed by atoms with Gasteiger partial charge in [0.1, 0.15) is 6.10 Å². The lowest BCUT2D eigenvalue weighted by Gasteiger charge is -2.35. The summed E-state index contributed by atoms with van der Waals surface area (Å²) in [5.41, 5.74) is 0. The van der Waals surface area contributed by atoms with Gasteiger partial charge in [-0.15, -0.1) is 0 Å². The number of amides is 1. The van der Waals surface area contributed by atoms with Gasteiger partial charge in [-0.05, 0) is 43.9 Å². The molecule has 0 heterocycles. The van der Waals surface area contributed by atoms with Crippen molar-refractivity contribution in [1.29, 1.82) is 0 Å². The molecule has 0 aromatic carbocycles. The number of aliphatic hydroxyl groups is 1. The Morgan fingerprint density at radius 1 is 1.10 bits per heavy atom. The summed E-state index contributed by atoms with van der Waals surface area (Å²) in [5.74, 6) is 1.03. The Kier molecular flexibility index (Phi) is 5.70. The van der Waals surface area contributed by atoms with Crippen molar-refractivity contribution in [3.05, 3.63) is 0 Å². The maximum absolute atomic E-state index is 12.0. The second-order valence-electron chi connectivity index (χ2n) is 6.74. The van der Waals surface area contributed by atoms with Crippen LogP contribution in [-0.2, 0) is 4.74 Å². The molecule has 2 rings (SSSR count). The third kappa shape index (κ3) is 4.11. The van der Waals surface area contributed by atoms with Crippen LogP contribution in [0.1, 0.15) is 65.2 Å². The number of ether oxygens (including phenoxy) is 1. The van der Waals surface area contributed by atoms with Gasteiger partial charge >= 0.3 is 6.09 Å². The van der Waals surface area contributed by atoms with Crippen molar-refractivity contribution in [2.24, 2.45) is 11.8 Å². The molecular weight excluding hydrogens is 254 g/mol. The zero-order chi connectivity index (χ0) is 14.5. The zero-order valence-corrected chi connectivity index (χ0v) is 12.8. The molecule has 0 aromatic rings. The van der Waals surface area contributed by atoms with Crippen molar-refractivity contribution < 1.29 is 14.6 Å². The Balaban J connectivity index is 1.83. The predicted octanol–water partition coefficient (Wildman–Crippen LogP) is 3.23. The van der Waals surface area contributed by atoms with Gasteiger partial charge in [-0.25, -0.2) is 4.79 Å². The third-order valence-corrected chi connectivity index (χ3v) is 4.90. The molecule has 0 spiro atoms. The van der Waals surface area contributed by atoms with Gasteiger partial charge in [-0.1, -0.05) is 33.1 Å². The Labute approximate surface area is 122 Å². The first-order chi connectivity index (χ1) is 9.58. The lowest BCUT2D eigenvalue weighted by atomic mass is 9.79. The largest absolute Gasteiger partial charge is 0.446 e. The molecule has 2 aliphatic carbocycles. The third-order valence-electron chi connectivity index (χ3n) is 4.90. The number of rotatable bonds is 3. The molecule has 2 aliphatic rings. The molecule has 1 amide bonds. The summed E-state index contributed by atoms with van der Waals surface area (Å²) >= 11 is 0. The molecule has 2 fully saturated rings. The van der Waals surface area contributed by atoms with Crippen molar-refractivity contribution in [1.82, 2.24) is 5.32 Å². The van der Waals surface area contributed by atoms with Gasteiger partial charge in [-0.2, -0.15) is 0 Å². The van der Waals surface area contributed by atoms with Gasteiger partial charge in [0.25, 0.3) is 0 Å². The molecule has 0 aliphatic heterocycles. The standard InChI is InChI=1S/C16H29NO3/c1-11(2)12-7-3-6-10-15(12)20-16(19)17-13-8-4-5-9-14(13)18/h11-15,18H,3-10H2,1-2H3,(H,17,19). The van der Waals surface area contributed by atoms with Crippen LogP contribution in [0.2, 0.25) is 0 Å². The van der Waals surface area contributed by atoms with Crippen molar-refractivity contribution >= 4 is 6.09 Å². The van der Waals surface area contributed by atoms with Gasteiger partial charge in [0.15, 0.2) is 0 Å². The monoisotopic (exact) mass is 283 g/mol. The van der Waals surface area contributed by atoms with Crippen molar-refractivity contribution in [3.8, 4) is 0 Å². The molecular formula is C16H29NO3. The molecule has 20 heavy (non-hydrogen) atoms. The minimum atomic E-state index is -0.413. The Bertz CT molecular complexity index is 319. The number of carbonyl (C=O) groups is 1. The van der Waals surface area contributed by atoms with Gasteiger partial charge in [0.05, 0.1) is 12.1 Å². The van der Waals surface area contributed by atoms with Gasteiger partial charge < -0.3 is 15.2 Å². The average Bonchev–Trinajstić information content (AvgIpc) is 2.41. The van der Waals surface area contributed by atoms with E-state index in [4.69, 9.17) is 4.74 Å². The van der Waals surface area contributed by atoms with E-state index in [0.29, 0.717) is 11.8 Å². The van der Waals surface area contributed by atoms with Crippen LogP contribution in [0.25, 0.3) is 0 Å². The maximum atomic E-state index is 12.0. The van der Waals surface area contributed by atoms with Crippen LogP contribution < -0.4 is 5.32 Å². The summed E-state index contributed by atoms with van der Waals surface area (Å²) in [4.78, 5) is 12.0. The van der Waals surface area contributed by atoms with Crippen molar-refractivity contribution in [3.63, 3.8) is 0 Å². The molecule has 4 atom stereocenters. The van der Waals surface area contributed by atoms with E-state index in [1.165, 1.54) is 6.42 Å². The summed E-state index contributed by atoms with van der Waals surface area (Å²) in [6.45, 7) is 4.41. The minimum Gasteiger partial charge on any atom is -0.446 e. The normalized spacial score (nSPS) is 34.8. The molecule has 4 heteroatoms. The van der Waals surface area contributed by atoms with E-state index in [-0.39, 0.29) is 18.2 Å². The van der Waals surface area contributed by atoms with Crippen LogP contribution in [-0.4, -0.2) is 29.4 Å². The average molecular weight is 283 g/mol. The summed E-state index contributed by atoms with van der Waals surface area (Å²) in [5, 5.41) is 12.8. The molecule has 0 aromatic heterocycles. The quantitative estimate of drug-likeness (QED) is 0.836. The van der Waals surface area contributed by atoms with Crippen LogP contribution in [0, 0.1) is 11.8 Å². The van der Waals surface area contributed by atoms with Gasteiger partial charge in [0, 0.05) is 0 Å². The van der Waals surface area contributed by atoms with E-state index in [1.807, 2.05) is 0 Å². The predicted molar refractivity (Wildman–Crippen MR) is 78.5 cm³/mol. The lowest BCUT2D eigenvalue weighted by Crippen LogP contribution is -2.47. The fourth-order valence-corrected chi connectivity index (χ4v) is 3.64. The van der Waals surface area contributed by atoms with Crippen LogP contribution in [0.15, 0.2) is 0 Å². The molecule has 0 radical (unpaired) electrons. The van der Waals surface area contributed by atoms with E-state index < -0.39 is 6.10 Å². The smallest absolute Gasteiger partial charge is 0.407 e. The van der Waals surface area contributed by atoms with Gasteiger partial charge in [-0.3, -0.25) is 0 Å². The highest BCUT2D eigenvalue weighted by Crippen LogP contribution is 2.32. The number of nitrogens with one attached hydrogen (secondary N) is 1. The zero-order valence-electron chi connectivity index (χ0n) is 12.8. The summed E-state index contributed by atoms with van der Waals surface area (Å²) in [6.07, 6.45) is 7.56. The second kappa shape index (κ2) is 7.30. The highest BCUT2D eigenvalue weighted by Gasteiger charge is 2.32. The van der Waals surface area contributed by atoms with E-state index in [9.17, 15) is 9.90 Å². The van der Waals surface area contributed by atoms with Gasteiger partial charge in [0.2, 0.25) is 0 Å². The van der Waals surface area contributed by atoms with Crippen LogP contribution >= 0.6 is 0 Å². The number of aliphatic hydroxyl groups excluding tert-OH is 1. The molecule has 2 N–H and O–H groups in total. The molecule has 4 unspecified atom stereocenters. The van der Waals surface area contributed by atoms with E-state index in [2.05, 4.69) is 19.2 Å². The Hall–Kier alpha value is -0.770. The summed E-state index contributed by atoms with van der Waals surface area (Å²) < 4.78 is 5.66. The first-order valence-electron chi connectivity index (χ1n) is 8.23. The molecule has 2 saturated carbocycles. The highest BCUT2D eigenvalue weighted by molar-refractivity contribution is 5.68. The Morgan fingerprint density at radius 3 is 2.45 bits per heavy atom. The van der Waals surface area contributed by atoms with Crippen molar-refractivity contribution in [2.45, 2.75) is 83.5 Å². The number of carbonyl (C=O) groups excluding carboxylic acids is 1. The SMILES string of the molecule is CC(C)C1CCCCC1OC(=O)NC1CCCCC1O.